The Morgan fingerprint density at radius 2 is 1.88 bits per heavy atom. The summed E-state index contributed by atoms with van der Waals surface area (Å²) in [4.78, 5) is 10.9. The predicted octanol–water partition coefficient (Wildman–Crippen LogP) is 2.73. The van der Waals surface area contributed by atoms with Crippen LogP contribution >= 0.6 is 0 Å². The lowest BCUT2D eigenvalue weighted by Gasteiger charge is -2.24. The highest BCUT2D eigenvalue weighted by molar-refractivity contribution is 7.92. The number of nitrogens with zero attached hydrogens (tertiary/aromatic N) is 1. The van der Waals surface area contributed by atoms with Crippen molar-refractivity contribution in [2.75, 3.05) is 18.0 Å². The lowest BCUT2D eigenvalue weighted by atomic mass is 10.1. The maximum atomic E-state index is 13.9. The Bertz CT molecular complexity index is 911. The van der Waals surface area contributed by atoms with E-state index in [-0.39, 0.29) is 16.3 Å². The quantitative estimate of drug-likeness (QED) is 0.849. The van der Waals surface area contributed by atoms with E-state index < -0.39 is 28.4 Å². The van der Waals surface area contributed by atoms with Gasteiger partial charge < -0.3 is 9.84 Å². The molecule has 1 N–H and O–H groups in total. The Balaban J connectivity index is 2.60. The van der Waals surface area contributed by atoms with Crippen LogP contribution in [0.3, 0.4) is 0 Å². The standard InChI is InChI=1S/C17H18FNO5S/c1-11-4-6-15(12(2)8-11)19(10-17(20)21)25(22,23)13-5-7-16(24-3)14(18)9-13/h4-9H,10H2,1-3H3,(H,20,21). The topological polar surface area (TPSA) is 83.9 Å². The molecule has 8 heteroatoms. The third-order valence-corrected chi connectivity index (χ3v) is 5.37. The third kappa shape index (κ3) is 3.90. The van der Waals surface area contributed by atoms with Crippen LogP contribution in [-0.4, -0.2) is 33.1 Å². The normalized spacial score (nSPS) is 11.2. The number of methoxy groups -OCH3 is 1. The summed E-state index contributed by atoms with van der Waals surface area (Å²) in [5.41, 5.74) is 1.73. The van der Waals surface area contributed by atoms with Crippen molar-refractivity contribution in [3.05, 3.63) is 53.3 Å². The summed E-state index contributed by atoms with van der Waals surface area (Å²) >= 11 is 0. The van der Waals surface area contributed by atoms with Crippen LogP contribution in [0, 0.1) is 19.7 Å². The van der Waals surface area contributed by atoms with Crippen molar-refractivity contribution >= 4 is 21.7 Å². The van der Waals surface area contributed by atoms with E-state index in [9.17, 15) is 17.6 Å². The molecule has 6 nitrogen and oxygen atoms in total. The lowest BCUT2D eigenvalue weighted by molar-refractivity contribution is -0.135. The number of anilines is 1. The van der Waals surface area contributed by atoms with E-state index in [1.807, 2.05) is 6.92 Å². The fraction of sp³-hybridized carbons (Fsp3) is 0.235. The molecule has 0 atom stereocenters. The van der Waals surface area contributed by atoms with Gasteiger partial charge in [-0.1, -0.05) is 17.7 Å². The Hall–Kier alpha value is -2.61. The van der Waals surface area contributed by atoms with Crippen LogP contribution in [0.2, 0.25) is 0 Å². The summed E-state index contributed by atoms with van der Waals surface area (Å²) in [6.45, 7) is 2.74. The van der Waals surface area contributed by atoms with Gasteiger partial charge in [-0.15, -0.1) is 0 Å². The van der Waals surface area contributed by atoms with Crippen molar-refractivity contribution in [2.24, 2.45) is 0 Å². The van der Waals surface area contributed by atoms with Gasteiger partial charge in [0.25, 0.3) is 10.0 Å². The molecular formula is C17H18FNO5S. The van der Waals surface area contributed by atoms with Crippen molar-refractivity contribution in [1.29, 1.82) is 0 Å². The number of carboxylic acid groups (broad SMARTS) is 1. The maximum Gasteiger partial charge on any atom is 0.324 e. The van der Waals surface area contributed by atoms with Crippen LogP contribution in [0.1, 0.15) is 11.1 Å². The third-order valence-electron chi connectivity index (χ3n) is 3.61. The molecule has 0 saturated heterocycles. The molecule has 0 unspecified atom stereocenters. The number of aryl methyl sites for hydroxylation is 2. The van der Waals surface area contributed by atoms with Crippen molar-refractivity contribution < 1.29 is 27.4 Å². The molecule has 0 aliphatic carbocycles. The van der Waals surface area contributed by atoms with Crippen molar-refractivity contribution in [1.82, 2.24) is 0 Å². The van der Waals surface area contributed by atoms with E-state index in [1.54, 1.807) is 19.1 Å². The van der Waals surface area contributed by atoms with E-state index >= 15 is 0 Å². The number of carbonyl (C=O) groups is 1. The lowest BCUT2D eigenvalue weighted by Crippen LogP contribution is -2.36. The second-order valence-electron chi connectivity index (χ2n) is 5.49. The zero-order valence-corrected chi connectivity index (χ0v) is 14.8. The van der Waals surface area contributed by atoms with Crippen LogP contribution in [0.15, 0.2) is 41.3 Å². The van der Waals surface area contributed by atoms with Crippen LogP contribution < -0.4 is 9.04 Å². The molecule has 0 radical (unpaired) electrons. The Labute approximate surface area is 145 Å². The van der Waals surface area contributed by atoms with Crippen LogP contribution in [0.5, 0.6) is 5.75 Å². The molecule has 0 heterocycles. The minimum absolute atomic E-state index is 0.102. The van der Waals surface area contributed by atoms with E-state index in [2.05, 4.69) is 0 Å². The SMILES string of the molecule is COc1ccc(S(=O)(=O)N(CC(=O)O)c2ccc(C)cc2C)cc1F. The van der Waals surface area contributed by atoms with Gasteiger partial charge >= 0.3 is 5.97 Å². The largest absolute Gasteiger partial charge is 0.494 e. The molecule has 0 bridgehead atoms. The van der Waals surface area contributed by atoms with Crippen LogP contribution in [0.4, 0.5) is 10.1 Å². The predicted molar refractivity (Wildman–Crippen MR) is 91.0 cm³/mol. The number of benzene rings is 2. The van der Waals surface area contributed by atoms with Crippen LogP contribution in [0.25, 0.3) is 0 Å². The van der Waals surface area contributed by atoms with Gasteiger partial charge in [-0.2, -0.15) is 0 Å². The Morgan fingerprint density at radius 3 is 2.40 bits per heavy atom. The van der Waals surface area contributed by atoms with E-state index in [1.165, 1.54) is 25.3 Å². The van der Waals surface area contributed by atoms with E-state index in [4.69, 9.17) is 9.84 Å². The second kappa shape index (κ2) is 7.10. The summed E-state index contributed by atoms with van der Waals surface area (Å²) in [5, 5.41) is 9.14. The molecule has 2 rings (SSSR count). The number of sulfonamides is 1. The average molecular weight is 367 g/mol. The monoisotopic (exact) mass is 367 g/mol. The van der Waals surface area contributed by atoms with Gasteiger partial charge in [-0.25, -0.2) is 12.8 Å². The summed E-state index contributed by atoms with van der Waals surface area (Å²) in [7, 11) is -3.01. The van der Waals surface area contributed by atoms with Gasteiger partial charge in [0.2, 0.25) is 0 Å². The fourth-order valence-corrected chi connectivity index (χ4v) is 3.93. The fourth-order valence-electron chi connectivity index (χ4n) is 2.44. The average Bonchev–Trinajstić information content (AvgIpc) is 2.52. The summed E-state index contributed by atoms with van der Waals surface area (Å²) in [6, 6.07) is 8.13. The van der Waals surface area contributed by atoms with Gasteiger partial charge in [0, 0.05) is 0 Å². The first-order valence-electron chi connectivity index (χ1n) is 7.32. The molecule has 2 aromatic rings. The molecule has 0 spiro atoms. The zero-order chi connectivity index (χ0) is 18.8. The molecule has 0 amide bonds. The molecule has 0 aliphatic heterocycles. The molecule has 0 fully saturated rings. The molecular weight excluding hydrogens is 349 g/mol. The number of hydrogen-bond acceptors (Lipinski definition) is 4. The van der Waals surface area contributed by atoms with E-state index in [0.717, 1.165) is 15.9 Å². The second-order valence-corrected chi connectivity index (χ2v) is 7.35. The van der Waals surface area contributed by atoms with Crippen molar-refractivity contribution in [3.63, 3.8) is 0 Å². The van der Waals surface area contributed by atoms with Gasteiger partial charge in [-0.3, -0.25) is 9.10 Å². The van der Waals surface area contributed by atoms with Crippen LogP contribution in [-0.2, 0) is 14.8 Å². The molecule has 25 heavy (non-hydrogen) atoms. The number of halogens is 1. The minimum Gasteiger partial charge on any atom is -0.494 e. The van der Waals surface area contributed by atoms with Gasteiger partial charge in [0.05, 0.1) is 17.7 Å². The molecule has 134 valence electrons. The van der Waals surface area contributed by atoms with Crippen molar-refractivity contribution in [2.45, 2.75) is 18.7 Å². The summed E-state index contributed by atoms with van der Waals surface area (Å²) in [6.07, 6.45) is 0. The zero-order valence-electron chi connectivity index (χ0n) is 14.0. The molecule has 0 saturated carbocycles. The summed E-state index contributed by atoms with van der Waals surface area (Å²) < 4.78 is 45.3. The number of hydrogen-bond donors (Lipinski definition) is 1. The number of ether oxygens (including phenoxy) is 1. The molecule has 0 aliphatic rings. The van der Waals surface area contributed by atoms with Gasteiger partial charge in [0.1, 0.15) is 6.54 Å². The van der Waals surface area contributed by atoms with Gasteiger partial charge in [-0.05, 0) is 43.7 Å². The Morgan fingerprint density at radius 1 is 1.20 bits per heavy atom. The van der Waals surface area contributed by atoms with Gasteiger partial charge in [0.15, 0.2) is 11.6 Å². The molecule has 0 aromatic heterocycles. The highest BCUT2D eigenvalue weighted by Crippen LogP contribution is 2.29. The first-order valence-corrected chi connectivity index (χ1v) is 8.76. The highest BCUT2D eigenvalue weighted by Gasteiger charge is 2.29. The number of carboxylic acids is 1. The van der Waals surface area contributed by atoms with E-state index in [0.29, 0.717) is 5.56 Å². The first kappa shape index (κ1) is 18.7. The molecule has 2 aromatic carbocycles. The minimum atomic E-state index is -4.28. The Kier molecular flexibility index (Phi) is 5.32. The first-order chi connectivity index (χ1) is 11.7. The number of rotatable bonds is 6. The smallest absolute Gasteiger partial charge is 0.324 e. The number of aliphatic carboxylic acids is 1. The maximum absolute atomic E-state index is 13.9. The summed E-state index contributed by atoms with van der Waals surface area (Å²) in [5.74, 6) is -2.27. The van der Waals surface area contributed by atoms with Crippen molar-refractivity contribution in [3.8, 4) is 5.75 Å². The highest BCUT2D eigenvalue weighted by atomic mass is 32.2.